The van der Waals surface area contributed by atoms with Crippen LogP contribution in [-0.2, 0) is 10.0 Å². The lowest BCUT2D eigenvalue weighted by Gasteiger charge is -2.28. The molecule has 1 aromatic rings. The van der Waals surface area contributed by atoms with Crippen LogP contribution in [0.4, 0.5) is 0 Å². The van der Waals surface area contributed by atoms with E-state index in [0.29, 0.717) is 36.8 Å². The minimum Gasteiger partial charge on any atom is -0.335 e. The van der Waals surface area contributed by atoms with E-state index in [-0.39, 0.29) is 24.2 Å². The summed E-state index contributed by atoms with van der Waals surface area (Å²) >= 11 is 5.96. The van der Waals surface area contributed by atoms with Crippen molar-refractivity contribution in [2.24, 2.45) is 0 Å². The molecule has 0 bridgehead atoms. The molecule has 0 unspecified atom stereocenters. The molecule has 1 amide bonds. The van der Waals surface area contributed by atoms with Crippen LogP contribution in [0.5, 0.6) is 0 Å². The third-order valence-corrected chi connectivity index (χ3v) is 6.47. The van der Waals surface area contributed by atoms with Crippen molar-refractivity contribution in [3.8, 4) is 0 Å². The Morgan fingerprint density at radius 1 is 1.29 bits per heavy atom. The van der Waals surface area contributed by atoms with E-state index in [1.165, 1.54) is 4.31 Å². The monoisotopic (exact) mass is 371 g/mol. The number of carbonyl (C=O) groups excluding carboxylic acids is 1. The number of sulfonamides is 1. The molecule has 1 N–H and O–H groups in total. The first-order chi connectivity index (χ1) is 11.5. The lowest BCUT2D eigenvalue weighted by molar-refractivity contribution is 0.0753. The van der Waals surface area contributed by atoms with Gasteiger partial charge in [-0.05, 0) is 31.0 Å². The Bertz CT molecular complexity index is 700. The fraction of sp³-hybridized carbons (Fsp3) is 0.562. The Kier molecular flexibility index (Phi) is 5.44. The Balaban J connectivity index is 1.67. The topological polar surface area (TPSA) is 69.7 Å². The molecule has 0 aromatic heterocycles. The molecular formula is C16H22ClN3O3S. The molecule has 0 atom stereocenters. The number of carbonyl (C=O) groups is 1. The van der Waals surface area contributed by atoms with E-state index >= 15 is 0 Å². The van der Waals surface area contributed by atoms with Crippen LogP contribution in [0, 0.1) is 0 Å². The number of nitrogens with one attached hydrogen (secondary N) is 1. The van der Waals surface area contributed by atoms with Gasteiger partial charge in [-0.3, -0.25) is 4.79 Å². The zero-order valence-electron chi connectivity index (χ0n) is 13.4. The molecule has 132 valence electrons. The maximum absolute atomic E-state index is 12.7. The Labute approximate surface area is 147 Å². The SMILES string of the molecule is O=C(c1cccc(Cl)c1)N(CCS(=O)(=O)N1CCNCC1)C1CC1. The van der Waals surface area contributed by atoms with Crippen LogP contribution in [0.15, 0.2) is 24.3 Å². The highest BCUT2D eigenvalue weighted by Crippen LogP contribution is 2.28. The van der Waals surface area contributed by atoms with Crippen LogP contribution < -0.4 is 5.32 Å². The van der Waals surface area contributed by atoms with Gasteiger partial charge in [-0.25, -0.2) is 8.42 Å². The van der Waals surface area contributed by atoms with E-state index in [2.05, 4.69) is 5.32 Å². The van der Waals surface area contributed by atoms with Crippen LogP contribution in [0.2, 0.25) is 5.02 Å². The fourth-order valence-electron chi connectivity index (χ4n) is 2.89. The van der Waals surface area contributed by atoms with E-state index in [1.807, 2.05) is 0 Å². The maximum atomic E-state index is 12.7. The first-order valence-electron chi connectivity index (χ1n) is 8.22. The van der Waals surface area contributed by atoms with Gasteiger partial charge in [0.15, 0.2) is 0 Å². The average molecular weight is 372 g/mol. The number of rotatable bonds is 6. The summed E-state index contributed by atoms with van der Waals surface area (Å²) in [5.74, 6) is -0.175. The smallest absolute Gasteiger partial charge is 0.254 e. The van der Waals surface area contributed by atoms with Gasteiger partial charge >= 0.3 is 0 Å². The average Bonchev–Trinajstić information content (AvgIpc) is 3.40. The standard InChI is InChI=1S/C16H22ClN3O3S/c17-14-3-1-2-13(12-14)16(21)20(15-4-5-15)10-11-24(22,23)19-8-6-18-7-9-19/h1-3,12,15,18H,4-11H2. The molecule has 1 aromatic carbocycles. The minimum absolute atomic E-state index is 0.0319. The number of nitrogens with zero attached hydrogens (tertiary/aromatic N) is 2. The molecule has 8 heteroatoms. The molecular weight excluding hydrogens is 350 g/mol. The van der Waals surface area contributed by atoms with Crippen LogP contribution in [0.3, 0.4) is 0 Å². The van der Waals surface area contributed by atoms with Gasteiger partial charge in [-0.15, -0.1) is 0 Å². The first kappa shape index (κ1) is 17.7. The first-order valence-corrected chi connectivity index (χ1v) is 10.2. The number of piperazine rings is 1. The highest BCUT2D eigenvalue weighted by Gasteiger charge is 2.34. The molecule has 3 rings (SSSR count). The normalized spacial score (nSPS) is 19.2. The molecule has 24 heavy (non-hydrogen) atoms. The molecule has 6 nitrogen and oxygen atoms in total. The number of halogens is 1. The van der Waals surface area contributed by atoms with Gasteiger partial charge in [0.05, 0.1) is 5.75 Å². The number of benzene rings is 1. The molecule has 2 aliphatic rings. The summed E-state index contributed by atoms with van der Waals surface area (Å²) in [6, 6.07) is 6.94. The molecule has 1 aliphatic heterocycles. The summed E-state index contributed by atoms with van der Waals surface area (Å²) in [6.07, 6.45) is 1.86. The zero-order valence-corrected chi connectivity index (χ0v) is 15.0. The van der Waals surface area contributed by atoms with Gasteiger partial charge in [-0.1, -0.05) is 17.7 Å². The Morgan fingerprint density at radius 3 is 2.62 bits per heavy atom. The second kappa shape index (κ2) is 7.39. The van der Waals surface area contributed by atoms with E-state index < -0.39 is 10.0 Å². The third kappa shape index (κ3) is 4.27. The molecule has 1 heterocycles. The van der Waals surface area contributed by atoms with Crippen molar-refractivity contribution in [3.05, 3.63) is 34.9 Å². The second-order valence-corrected chi connectivity index (χ2v) is 8.73. The van der Waals surface area contributed by atoms with Crippen molar-refractivity contribution in [1.82, 2.24) is 14.5 Å². The number of hydrogen-bond acceptors (Lipinski definition) is 4. The van der Waals surface area contributed by atoms with E-state index in [9.17, 15) is 13.2 Å². The quantitative estimate of drug-likeness (QED) is 0.815. The van der Waals surface area contributed by atoms with Gasteiger partial charge in [-0.2, -0.15) is 4.31 Å². The minimum atomic E-state index is -3.33. The Hall–Kier alpha value is -1.15. The molecule has 1 aliphatic carbocycles. The zero-order chi connectivity index (χ0) is 17.2. The number of hydrogen-bond donors (Lipinski definition) is 1. The molecule has 1 saturated heterocycles. The van der Waals surface area contributed by atoms with Gasteiger partial charge in [0.2, 0.25) is 10.0 Å². The summed E-state index contributed by atoms with van der Waals surface area (Å²) in [7, 11) is -3.33. The number of amides is 1. The summed E-state index contributed by atoms with van der Waals surface area (Å²) in [4.78, 5) is 14.4. The van der Waals surface area contributed by atoms with E-state index in [0.717, 1.165) is 12.8 Å². The van der Waals surface area contributed by atoms with Crippen molar-refractivity contribution in [2.45, 2.75) is 18.9 Å². The van der Waals surface area contributed by atoms with Crippen molar-refractivity contribution in [1.29, 1.82) is 0 Å². The summed E-state index contributed by atoms with van der Waals surface area (Å²) in [5, 5.41) is 3.65. The predicted molar refractivity (Wildman–Crippen MR) is 93.7 cm³/mol. The third-order valence-electron chi connectivity index (χ3n) is 4.38. The van der Waals surface area contributed by atoms with Gasteiger partial charge in [0.25, 0.3) is 5.91 Å². The van der Waals surface area contributed by atoms with E-state index in [1.54, 1.807) is 29.2 Å². The molecule has 0 spiro atoms. The predicted octanol–water partition coefficient (Wildman–Crippen LogP) is 1.18. The molecule has 1 saturated carbocycles. The lowest BCUT2D eigenvalue weighted by atomic mass is 10.2. The van der Waals surface area contributed by atoms with Crippen molar-refractivity contribution >= 4 is 27.5 Å². The van der Waals surface area contributed by atoms with Crippen LogP contribution >= 0.6 is 11.6 Å². The summed E-state index contributed by atoms with van der Waals surface area (Å²) < 4.78 is 26.5. The highest BCUT2D eigenvalue weighted by molar-refractivity contribution is 7.89. The lowest BCUT2D eigenvalue weighted by Crippen LogP contribution is -2.48. The van der Waals surface area contributed by atoms with Gasteiger partial charge in [0.1, 0.15) is 0 Å². The van der Waals surface area contributed by atoms with E-state index in [4.69, 9.17) is 11.6 Å². The van der Waals surface area contributed by atoms with Gasteiger partial charge < -0.3 is 10.2 Å². The van der Waals surface area contributed by atoms with Crippen LogP contribution in [0.1, 0.15) is 23.2 Å². The molecule has 2 fully saturated rings. The highest BCUT2D eigenvalue weighted by atomic mass is 35.5. The van der Waals surface area contributed by atoms with Crippen molar-refractivity contribution in [3.63, 3.8) is 0 Å². The van der Waals surface area contributed by atoms with Crippen molar-refractivity contribution < 1.29 is 13.2 Å². The van der Waals surface area contributed by atoms with Crippen LogP contribution in [0.25, 0.3) is 0 Å². The van der Waals surface area contributed by atoms with Gasteiger partial charge in [0, 0.05) is 49.4 Å². The Morgan fingerprint density at radius 2 is 2.00 bits per heavy atom. The maximum Gasteiger partial charge on any atom is 0.254 e. The second-order valence-electron chi connectivity index (χ2n) is 6.21. The molecule has 0 radical (unpaired) electrons. The van der Waals surface area contributed by atoms with Crippen molar-refractivity contribution in [2.75, 3.05) is 38.5 Å². The fourth-order valence-corrected chi connectivity index (χ4v) is 4.50. The summed E-state index contributed by atoms with van der Waals surface area (Å²) in [6.45, 7) is 2.56. The summed E-state index contributed by atoms with van der Waals surface area (Å²) in [5.41, 5.74) is 0.508. The largest absolute Gasteiger partial charge is 0.335 e. The van der Waals surface area contributed by atoms with Crippen LogP contribution in [-0.4, -0.2) is 68.0 Å².